The molecule has 0 aromatic carbocycles. The summed E-state index contributed by atoms with van der Waals surface area (Å²) in [4.78, 5) is 4.44. The molecule has 2 rings (SSSR count). The summed E-state index contributed by atoms with van der Waals surface area (Å²) in [5.74, 6) is 2.56. The Morgan fingerprint density at radius 1 is 1.56 bits per heavy atom. The lowest BCUT2D eigenvalue weighted by atomic mass is 9.97. The monoisotopic (exact) mass is 221 g/mol. The van der Waals surface area contributed by atoms with E-state index in [1.165, 1.54) is 19.3 Å². The summed E-state index contributed by atoms with van der Waals surface area (Å²) in [5, 5.41) is 0. The minimum absolute atomic E-state index is 0.131. The van der Waals surface area contributed by atoms with Crippen molar-refractivity contribution in [2.24, 2.45) is 17.6 Å². The molecule has 0 spiro atoms. The second-order valence-electron chi connectivity index (χ2n) is 5.18. The predicted molar refractivity (Wildman–Crippen MR) is 66.0 cm³/mol. The van der Waals surface area contributed by atoms with E-state index in [-0.39, 0.29) is 6.04 Å². The van der Waals surface area contributed by atoms with Gasteiger partial charge >= 0.3 is 0 Å². The lowest BCUT2D eigenvalue weighted by Gasteiger charge is -2.19. The van der Waals surface area contributed by atoms with Crippen LogP contribution in [-0.4, -0.2) is 9.55 Å². The van der Waals surface area contributed by atoms with Crippen molar-refractivity contribution in [3.63, 3.8) is 0 Å². The van der Waals surface area contributed by atoms with Crippen LogP contribution in [0.15, 0.2) is 12.4 Å². The van der Waals surface area contributed by atoms with Gasteiger partial charge in [-0.05, 0) is 31.1 Å². The molecular weight excluding hydrogens is 198 g/mol. The summed E-state index contributed by atoms with van der Waals surface area (Å²) in [6, 6.07) is 0.131. The SMILES string of the molecule is CCCn1ccnc1C(N)C1CCC(C)C1. The van der Waals surface area contributed by atoms with E-state index in [1.54, 1.807) is 0 Å². The minimum Gasteiger partial charge on any atom is -0.334 e. The molecular formula is C13H23N3. The predicted octanol–water partition coefficient (Wildman–Crippen LogP) is 2.73. The van der Waals surface area contributed by atoms with Gasteiger partial charge in [0, 0.05) is 18.9 Å². The van der Waals surface area contributed by atoms with Gasteiger partial charge in [0.05, 0.1) is 6.04 Å². The third-order valence-electron chi connectivity index (χ3n) is 3.75. The van der Waals surface area contributed by atoms with Gasteiger partial charge in [0.25, 0.3) is 0 Å². The fourth-order valence-corrected chi connectivity index (χ4v) is 2.84. The maximum Gasteiger partial charge on any atom is 0.125 e. The zero-order valence-corrected chi connectivity index (χ0v) is 10.4. The Kier molecular flexibility index (Phi) is 3.64. The fourth-order valence-electron chi connectivity index (χ4n) is 2.84. The molecule has 3 atom stereocenters. The van der Waals surface area contributed by atoms with Gasteiger partial charge in [-0.15, -0.1) is 0 Å². The van der Waals surface area contributed by atoms with Crippen molar-refractivity contribution in [3.8, 4) is 0 Å². The van der Waals surface area contributed by atoms with Crippen LogP contribution in [0.4, 0.5) is 0 Å². The van der Waals surface area contributed by atoms with Crippen molar-refractivity contribution >= 4 is 0 Å². The van der Waals surface area contributed by atoms with E-state index >= 15 is 0 Å². The fraction of sp³-hybridized carbons (Fsp3) is 0.769. The van der Waals surface area contributed by atoms with E-state index in [4.69, 9.17) is 5.73 Å². The van der Waals surface area contributed by atoms with E-state index in [0.29, 0.717) is 5.92 Å². The van der Waals surface area contributed by atoms with Gasteiger partial charge in [-0.25, -0.2) is 4.98 Å². The molecule has 1 aromatic heterocycles. The maximum absolute atomic E-state index is 6.35. The molecule has 2 N–H and O–H groups in total. The van der Waals surface area contributed by atoms with E-state index in [1.807, 2.05) is 6.20 Å². The largest absolute Gasteiger partial charge is 0.334 e. The van der Waals surface area contributed by atoms with Crippen molar-refractivity contribution in [2.75, 3.05) is 0 Å². The summed E-state index contributed by atoms with van der Waals surface area (Å²) >= 11 is 0. The molecule has 3 nitrogen and oxygen atoms in total. The average molecular weight is 221 g/mol. The standard InChI is InChI=1S/C13H23N3/c1-3-7-16-8-6-15-13(16)12(14)11-5-4-10(2)9-11/h6,8,10-12H,3-5,7,9,14H2,1-2H3. The summed E-state index contributed by atoms with van der Waals surface area (Å²) in [5.41, 5.74) is 6.35. The Bertz CT molecular complexity index is 332. The third kappa shape index (κ3) is 2.29. The molecule has 1 aliphatic carbocycles. The number of imidazole rings is 1. The number of rotatable bonds is 4. The summed E-state index contributed by atoms with van der Waals surface area (Å²) < 4.78 is 2.22. The topological polar surface area (TPSA) is 43.8 Å². The van der Waals surface area contributed by atoms with Crippen LogP contribution in [0.25, 0.3) is 0 Å². The molecule has 1 aromatic rings. The third-order valence-corrected chi connectivity index (χ3v) is 3.75. The first kappa shape index (κ1) is 11.6. The van der Waals surface area contributed by atoms with Gasteiger partial charge in [0.15, 0.2) is 0 Å². The zero-order valence-electron chi connectivity index (χ0n) is 10.4. The molecule has 16 heavy (non-hydrogen) atoms. The molecule has 1 aliphatic rings. The quantitative estimate of drug-likeness (QED) is 0.849. The summed E-state index contributed by atoms with van der Waals surface area (Å²) in [6.45, 7) is 5.55. The molecule has 90 valence electrons. The molecule has 3 unspecified atom stereocenters. The van der Waals surface area contributed by atoms with Crippen LogP contribution in [0, 0.1) is 11.8 Å². The zero-order chi connectivity index (χ0) is 11.5. The van der Waals surface area contributed by atoms with Crippen LogP contribution in [0.2, 0.25) is 0 Å². The highest BCUT2D eigenvalue weighted by Gasteiger charge is 2.29. The number of aryl methyl sites for hydroxylation is 1. The van der Waals surface area contributed by atoms with E-state index in [9.17, 15) is 0 Å². The van der Waals surface area contributed by atoms with Gasteiger partial charge in [-0.1, -0.05) is 20.3 Å². The molecule has 3 heteroatoms. The minimum atomic E-state index is 0.131. The summed E-state index contributed by atoms with van der Waals surface area (Å²) in [6.07, 6.45) is 8.92. The van der Waals surface area contributed by atoms with Gasteiger partial charge in [-0.3, -0.25) is 0 Å². The van der Waals surface area contributed by atoms with Gasteiger partial charge in [-0.2, -0.15) is 0 Å². The summed E-state index contributed by atoms with van der Waals surface area (Å²) in [7, 11) is 0. The Labute approximate surface area is 98.1 Å². The molecule has 0 radical (unpaired) electrons. The first-order valence-electron chi connectivity index (χ1n) is 6.49. The van der Waals surface area contributed by atoms with Gasteiger partial charge < -0.3 is 10.3 Å². The lowest BCUT2D eigenvalue weighted by molar-refractivity contribution is 0.400. The van der Waals surface area contributed by atoms with Crippen LogP contribution >= 0.6 is 0 Å². The van der Waals surface area contributed by atoms with Crippen LogP contribution < -0.4 is 5.73 Å². The number of nitrogens with two attached hydrogens (primary N) is 1. The Balaban J connectivity index is 2.07. The molecule has 0 bridgehead atoms. The maximum atomic E-state index is 6.35. The Morgan fingerprint density at radius 2 is 2.38 bits per heavy atom. The number of hydrogen-bond acceptors (Lipinski definition) is 2. The smallest absolute Gasteiger partial charge is 0.125 e. The molecule has 1 saturated carbocycles. The van der Waals surface area contributed by atoms with Crippen LogP contribution in [0.3, 0.4) is 0 Å². The van der Waals surface area contributed by atoms with E-state index in [0.717, 1.165) is 24.7 Å². The normalized spacial score (nSPS) is 27.2. The average Bonchev–Trinajstić information content (AvgIpc) is 2.87. The van der Waals surface area contributed by atoms with Crippen molar-refractivity contribution in [1.82, 2.24) is 9.55 Å². The Morgan fingerprint density at radius 3 is 3.00 bits per heavy atom. The number of hydrogen-bond donors (Lipinski definition) is 1. The first-order valence-corrected chi connectivity index (χ1v) is 6.49. The van der Waals surface area contributed by atoms with Crippen LogP contribution in [0.1, 0.15) is 51.4 Å². The highest BCUT2D eigenvalue weighted by Crippen LogP contribution is 2.37. The molecule has 0 aliphatic heterocycles. The molecule has 1 fully saturated rings. The van der Waals surface area contributed by atoms with Crippen LogP contribution in [-0.2, 0) is 6.54 Å². The molecule has 0 amide bonds. The highest BCUT2D eigenvalue weighted by molar-refractivity contribution is 5.02. The second-order valence-corrected chi connectivity index (χ2v) is 5.18. The van der Waals surface area contributed by atoms with Crippen molar-refractivity contribution < 1.29 is 0 Å². The van der Waals surface area contributed by atoms with Crippen molar-refractivity contribution in [3.05, 3.63) is 18.2 Å². The Hall–Kier alpha value is -0.830. The molecule has 0 saturated heterocycles. The van der Waals surface area contributed by atoms with Gasteiger partial charge in [0.1, 0.15) is 5.82 Å². The van der Waals surface area contributed by atoms with Crippen molar-refractivity contribution in [2.45, 2.75) is 52.1 Å². The number of aromatic nitrogens is 2. The highest BCUT2D eigenvalue weighted by atomic mass is 15.1. The number of nitrogens with zero attached hydrogens (tertiary/aromatic N) is 2. The van der Waals surface area contributed by atoms with E-state index in [2.05, 4.69) is 29.6 Å². The molecule has 1 heterocycles. The van der Waals surface area contributed by atoms with Gasteiger partial charge in [0.2, 0.25) is 0 Å². The van der Waals surface area contributed by atoms with Crippen molar-refractivity contribution in [1.29, 1.82) is 0 Å². The second kappa shape index (κ2) is 5.00. The first-order chi connectivity index (χ1) is 7.72. The lowest BCUT2D eigenvalue weighted by Crippen LogP contribution is -2.23. The van der Waals surface area contributed by atoms with E-state index < -0.39 is 0 Å². The van der Waals surface area contributed by atoms with Crippen LogP contribution in [0.5, 0.6) is 0 Å².